The van der Waals surface area contributed by atoms with Crippen molar-refractivity contribution in [2.24, 2.45) is 5.92 Å². The molecule has 1 nitrogen and oxygen atoms in total. The Morgan fingerprint density at radius 3 is 1.87 bits per heavy atom. The fourth-order valence-corrected chi connectivity index (χ4v) is 3.21. The highest BCUT2D eigenvalue weighted by Crippen LogP contribution is 2.24. The molecular weight excluding hydrogens is 182 g/mol. The van der Waals surface area contributed by atoms with E-state index in [-0.39, 0.29) is 0 Å². The van der Waals surface area contributed by atoms with Crippen molar-refractivity contribution in [3.05, 3.63) is 0 Å². The lowest BCUT2D eigenvalue weighted by molar-refractivity contribution is 0.361. The molecule has 2 saturated carbocycles. The van der Waals surface area contributed by atoms with Crippen molar-refractivity contribution in [2.75, 3.05) is 6.54 Å². The summed E-state index contributed by atoms with van der Waals surface area (Å²) in [4.78, 5) is 0. The molecule has 15 heavy (non-hydrogen) atoms. The maximum absolute atomic E-state index is 3.83. The molecule has 0 bridgehead atoms. The number of hydrogen-bond donors (Lipinski definition) is 1. The third-order valence-corrected chi connectivity index (χ3v) is 4.28. The van der Waals surface area contributed by atoms with Gasteiger partial charge in [-0.25, -0.2) is 0 Å². The molecule has 88 valence electrons. The van der Waals surface area contributed by atoms with E-state index in [9.17, 15) is 0 Å². The first kappa shape index (κ1) is 11.4. The quantitative estimate of drug-likeness (QED) is 0.744. The minimum atomic E-state index is 0.853. The van der Waals surface area contributed by atoms with Crippen molar-refractivity contribution in [1.29, 1.82) is 0 Å². The van der Waals surface area contributed by atoms with Gasteiger partial charge in [0.15, 0.2) is 0 Å². The van der Waals surface area contributed by atoms with Crippen LogP contribution in [0.5, 0.6) is 0 Å². The molecule has 2 aliphatic carbocycles. The van der Waals surface area contributed by atoms with Crippen LogP contribution in [0.15, 0.2) is 0 Å². The average molecular weight is 209 g/mol. The zero-order valence-corrected chi connectivity index (χ0v) is 10.1. The molecule has 1 heteroatoms. The van der Waals surface area contributed by atoms with Crippen molar-refractivity contribution in [1.82, 2.24) is 5.32 Å². The molecule has 0 atom stereocenters. The summed E-state index contributed by atoms with van der Waals surface area (Å²) >= 11 is 0. The molecule has 2 fully saturated rings. The van der Waals surface area contributed by atoms with Gasteiger partial charge >= 0.3 is 0 Å². The predicted octanol–water partition coefficient (Wildman–Crippen LogP) is 3.88. The van der Waals surface area contributed by atoms with Gasteiger partial charge in [-0.05, 0) is 38.1 Å². The molecule has 2 aliphatic rings. The van der Waals surface area contributed by atoms with E-state index in [1.165, 1.54) is 77.2 Å². The second-order valence-corrected chi connectivity index (χ2v) is 5.60. The van der Waals surface area contributed by atoms with Gasteiger partial charge in [0.05, 0.1) is 0 Å². The number of hydrogen-bond acceptors (Lipinski definition) is 1. The smallest absolute Gasteiger partial charge is 0.00671 e. The van der Waals surface area contributed by atoms with Gasteiger partial charge in [-0.15, -0.1) is 0 Å². The fourth-order valence-electron chi connectivity index (χ4n) is 3.21. The van der Waals surface area contributed by atoms with E-state index >= 15 is 0 Å². The van der Waals surface area contributed by atoms with Gasteiger partial charge in [0.2, 0.25) is 0 Å². The number of nitrogens with one attached hydrogen (secondary N) is 1. The molecular formula is C14H27N. The van der Waals surface area contributed by atoms with Gasteiger partial charge in [-0.3, -0.25) is 0 Å². The summed E-state index contributed by atoms with van der Waals surface area (Å²) in [6, 6.07) is 0.853. The standard InChI is InChI=1S/C14H27N/c1-2-4-10-14(11-5-3-1)15-12-13-8-6-7-9-13/h13-15H,1-12H2. The minimum absolute atomic E-state index is 0.853. The summed E-state index contributed by atoms with van der Waals surface area (Å²) in [7, 11) is 0. The molecule has 0 radical (unpaired) electrons. The monoisotopic (exact) mass is 209 g/mol. The van der Waals surface area contributed by atoms with Gasteiger partial charge in [0.25, 0.3) is 0 Å². The molecule has 0 amide bonds. The molecule has 0 aromatic heterocycles. The highest BCUT2D eigenvalue weighted by Gasteiger charge is 2.17. The van der Waals surface area contributed by atoms with Crippen LogP contribution in [0, 0.1) is 5.92 Å². The van der Waals surface area contributed by atoms with E-state index in [1.807, 2.05) is 0 Å². The first-order valence-corrected chi connectivity index (χ1v) is 7.18. The lowest BCUT2D eigenvalue weighted by Crippen LogP contribution is -2.33. The Morgan fingerprint density at radius 2 is 1.20 bits per heavy atom. The van der Waals surface area contributed by atoms with Gasteiger partial charge < -0.3 is 5.32 Å². The Balaban J connectivity index is 1.62. The maximum atomic E-state index is 3.83. The highest BCUT2D eigenvalue weighted by atomic mass is 14.9. The molecule has 0 saturated heterocycles. The molecule has 0 spiro atoms. The minimum Gasteiger partial charge on any atom is -0.314 e. The van der Waals surface area contributed by atoms with Crippen LogP contribution in [0.3, 0.4) is 0 Å². The fraction of sp³-hybridized carbons (Fsp3) is 1.00. The second-order valence-electron chi connectivity index (χ2n) is 5.60. The largest absolute Gasteiger partial charge is 0.314 e. The zero-order chi connectivity index (χ0) is 10.3. The van der Waals surface area contributed by atoms with Crippen LogP contribution in [0.1, 0.15) is 70.6 Å². The molecule has 0 aromatic rings. The summed E-state index contributed by atoms with van der Waals surface area (Å²) in [5, 5.41) is 3.83. The SMILES string of the molecule is C1CCCC(NCC2CCCC2)CCC1. The topological polar surface area (TPSA) is 12.0 Å². The van der Waals surface area contributed by atoms with E-state index in [2.05, 4.69) is 5.32 Å². The van der Waals surface area contributed by atoms with Crippen LogP contribution in [0.4, 0.5) is 0 Å². The average Bonchev–Trinajstić information content (AvgIpc) is 2.68. The van der Waals surface area contributed by atoms with Crippen LogP contribution in [-0.2, 0) is 0 Å². The van der Waals surface area contributed by atoms with Gasteiger partial charge in [-0.2, -0.15) is 0 Å². The molecule has 0 unspecified atom stereocenters. The summed E-state index contributed by atoms with van der Waals surface area (Å²) in [6.07, 6.45) is 16.2. The predicted molar refractivity (Wildman–Crippen MR) is 66.1 cm³/mol. The summed E-state index contributed by atoms with van der Waals surface area (Å²) in [5.74, 6) is 1.01. The van der Waals surface area contributed by atoms with Gasteiger partial charge in [-0.1, -0.05) is 44.9 Å². The van der Waals surface area contributed by atoms with Crippen LogP contribution in [0.2, 0.25) is 0 Å². The molecule has 0 aliphatic heterocycles. The second kappa shape index (κ2) is 6.52. The van der Waals surface area contributed by atoms with E-state index in [0.29, 0.717) is 0 Å². The summed E-state index contributed by atoms with van der Waals surface area (Å²) < 4.78 is 0. The van der Waals surface area contributed by atoms with Crippen molar-refractivity contribution in [2.45, 2.75) is 76.7 Å². The van der Waals surface area contributed by atoms with E-state index < -0.39 is 0 Å². The van der Waals surface area contributed by atoms with Crippen LogP contribution in [0.25, 0.3) is 0 Å². The Hall–Kier alpha value is -0.0400. The molecule has 0 aromatic carbocycles. The van der Waals surface area contributed by atoms with Gasteiger partial charge in [0, 0.05) is 6.04 Å². The maximum Gasteiger partial charge on any atom is 0.00671 e. The van der Waals surface area contributed by atoms with Crippen molar-refractivity contribution >= 4 is 0 Å². The summed E-state index contributed by atoms with van der Waals surface area (Å²) in [6.45, 7) is 1.31. The summed E-state index contributed by atoms with van der Waals surface area (Å²) in [5.41, 5.74) is 0. The van der Waals surface area contributed by atoms with Crippen molar-refractivity contribution in [3.63, 3.8) is 0 Å². The third kappa shape index (κ3) is 4.14. The van der Waals surface area contributed by atoms with Crippen molar-refractivity contribution < 1.29 is 0 Å². The van der Waals surface area contributed by atoms with Crippen LogP contribution in [-0.4, -0.2) is 12.6 Å². The lowest BCUT2D eigenvalue weighted by atomic mass is 9.96. The Bertz CT molecular complexity index is 153. The normalized spacial score (nSPS) is 26.4. The van der Waals surface area contributed by atoms with Crippen LogP contribution >= 0.6 is 0 Å². The Morgan fingerprint density at radius 1 is 0.667 bits per heavy atom. The van der Waals surface area contributed by atoms with E-state index in [0.717, 1.165) is 12.0 Å². The lowest BCUT2D eigenvalue weighted by Gasteiger charge is -2.22. The Labute approximate surface area is 95.0 Å². The Kier molecular flexibility index (Phi) is 4.98. The number of rotatable bonds is 3. The van der Waals surface area contributed by atoms with Crippen molar-refractivity contribution in [3.8, 4) is 0 Å². The van der Waals surface area contributed by atoms with E-state index in [1.54, 1.807) is 0 Å². The zero-order valence-electron chi connectivity index (χ0n) is 10.1. The van der Waals surface area contributed by atoms with Gasteiger partial charge in [0.1, 0.15) is 0 Å². The van der Waals surface area contributed by atoms with E-state index in [4.69, 9.17) is 0 Å². The highest BCUT2D eigenvalue weighted by molar-refractivity contribution is 4.74. The first-order chi connectivity index (χ1) is 7.45. The molecule has 2 rings (SSSR count). The molecule has 0 heterocycles. The third-order valence-electron chi connectivity index (χ3n) is 4.28. The van der Waals surface area contributed by atoms with Crippen LogP contribution < -0.4 is 5.32 Å². The molecule has 1 N–H and O–H groups in total. The first-order valence-electron chi connectivity index (χ1n) is 7.18.